The van der Waals surface area contributed by atoms with Crippen molar-refractivity contribution in [3.8, 4) is 0 Å². The van der Waals surface area contributed by atoms with Crippen LogP contribution < -0.4 is 0 Å². The molecule has 1 amide bonds. The van der Waals surface area contributed by atoms with Gasteiger partial charge in [-0.1, -0.05) is 65.2 Å². The number of hydrogen-bond acceptors (Lipinski definition) is 4. The highest BCUT2D eigenvalue weighted by atomic mass is 16.3. The van der Waals surface area contributed by atoms with Gasteiger partial charge >= 0.3 is 0 Å². The first-order valence-corrected chi connectivity index (χ1v) is 9.75. The van der Waals surface area contributed by atoms with E-state index in [-0.39, 0.29) is 17.3 Å². The van der Waals surface area contributed by atoms with E-state index >= 15 is 0 Å². The number of aliphatic hydroxyl groups is 2. The van der Waals surface area contributed by atoms with Gasteiger partial charge < -0.3 is 15.1 Å². The molecule has 0 spiro atoms. The number of likely N-dealkylation sites (tertiary alicyclic amines) is 1. The predicted octanol–water partition coefficient (Wildman–Crippen LogP) is 3.76. The van der Waals surface area contributed by atoms with Gasteiger partial charge in [0.2, 0.25) is 0 Å². The minimum atomic E-state index is -0.949. The Morgan fingerprint density at radius 3 is 2.04 bits per heavy atom. The largest absolute Gasteiger partial charge is 0.511 e. The van der Waals surface area contributed by atoms with E-state index in [1.807, 2.05) is 6.92 Å². The Balaban J connectivity index is 2.49. The van der Waals surface area contributed by atoms with Crippen molar-refractivity contribution < 1.29 is 19.8 Å². The summed E-state index contributed by atoms with van der Waals surface area (Å²) in [6.45, 7) is 5.54. The molecule has 0 bridgehead atoms. The molecule has 1 aliphatic rings. The number of ketones is 1. The molecule has 0 aromatic heterocycles. The molecule has 1 heterocycles. The van der Waals surface area contributed by atoms with Gasteiger partial charge in [-0.3, -0.25) is 9.59 Å². The predicted molar refractivity (Wildman–Crippen MR) is 99.3 cm³/mol. The first kappa shape index (κ1) is 21.7. The number of likely N-dealkylation sites (N-methyl/N-ethyl adjacent to an activating group) is 1. The third-order valence-electron chi connectivity index (χ3n) is 5.14. The Bertz CT molecular complexity index is 484. The minimum Gasteiger partial charge on any atom is -0.511 e. The molecule has 0 aromatic rings. The Morgan fingerprint density at radius 1 is 1.04 bits per heavy atom. The molecular formula is C20H35NO4. The van der Waals surface area contributed by atoms with Crippen LogP contribution in [0.3, 0.4) is 0 Å². The van der Waals surface area contributed by atoms with Gasteiger partial charge in [-0.15, -0.1) is 0 Å². The van der Waals surface area contributed by atoms with Crippen molar-refractivity contribution >= 4 is 11.7 Å². The van der Waals surface area contributed by atoms with E-state index in [0.717, 1.165) is 19.3 Å². The second-order valence-electron chi connectivity index (χ2n) is 7.39. The number of rotatable bonds is 11. The van der Waals surface area contributed by atoms with Crippen molar-refractivity contribution in [2.45, 2.75) is 90.7 Å². The van der Waals surface area contributed by atoms with Gasteiger partial charge in [0.15, 0.2) is 5.78 Å². The molecule has 0 saturated carbocycles. The van der Waals surface area contributed by atoms with Crippen LogP contribution in [0.5, 0.6) is 0 Å². The van der Waals surface area contributed by atoms with E-state index in [1.165, 1.54) is 57.4 Å². The molecule has 5 nitrogen and oxygen atoms in total. The smallest absolute Gasteiger partial charge is 0.261 e. The Morgan fingerprint density at radius 2 is 1.56 bits per heavy atom. The molecule has 2 N–H and O–H groups in total. The number of unbranched alkanes of at least 4 members (excludes halogenated alkanes) is 7. The number of carbonyl (C=O) groups excluding carboxylic acids is 2. The molecule has 1 aliphatic heterocycles. The number of nitrogens with zero attached hydrogens (tertiary/aromatic N) is 1. The molecular weight excluding hydrogens is 318 g/mol. The zero-order valence-corrected chi connectivity index (χ0v) is 16.3. The van der Waals surface area contributed by atoms with Crippen LogP contribution in [0.2, 0.25) is 0 Å². The number of carbonyl (C=O) groups is 2. The zero-order valence-electron chi connectivity index (χ0n) is 16.3. The summed E-state index contributed by atoms with van der Waals surface area (Å²) in [6, 6.07) is -0.889. The highest BCUT2D eigenvalue weighted by Gasteiger charge is 2.45. The highest BCUT2D eigenvalue weighted by molar-refractivity contribution is 6.26. The normalized spacial score (nSPS) is 22.4. The highest BCUT2D eigenvalue weighted by Crippen LogP contribution is 2.28. The van der Waals surface area contributed by atoms with Crippen molar-refractivity contribution in [3.05, 3.63) is 11.3 Å². The molecule has 0 aromatic carbocycles. The summed E-state index contributed by atoms with van der Waals surface area (Å²) >= 11 is 0. The van der Waals surface area contributed by atoms with Crippen LogP contribution in [-0.4, -0.2) is 46.0 Å². The van der Waals surface area contributed by atoms with Gasteiger partial charge in [-0.2, -0.15) is 0 Å². The lowest BCUT2D eigenvalue weighted by atomic mass is 9.95. The molecule has 0 radical (unpaired) electrons. The number of amides is 1. The second-order valence-corrected chi connectivity index (χ2v) is 7.39. The maximum atomic E-state index is 12.4. The van der Waals surface area contributed by atoms with E-state index in [1.54, 1.807) is 0 Å². The Kier molecular flexibility index (Phi) is 9.19. The fourth-order valence-corrected chi connectivity index (χ4v) is 3.48. The van der Waals surface area contributed by atoms with E-state index in [2.05, 4.69) is 6.92 Å². The van der Waals surface area contributed by atoms with Crippen molar-refractivity contribution in [1.29, 1.82) is 0 Å². The third kappa shape index (κ3) is 5.84. The molecule has 144 valence electrons. The van der Waals surface area contributed by atoms with Crippen LogP contribution in [0.4, 0.5) is 0 Å². The summed E-state index contributed by atoms with van der Waals surface area (Å²) in [7, 11) is 1.49. The summed E-state index contributed by atoms with van der Waals surface area (Å²) in [5.74, 6) is -1.30. The van der Waals surface area contributed by atoms with Crippen LogP contribution in [0.1, 0.15) is 78.6 Å². The summed E-state index contributed by atoms with van der Waals surface area (Å²) in [6.07, 6.45) is 9.50. The lowest BCUT2D eigenvalue weighted by Crippen LogP contribution is -2.40. The average Bonchev–Trinajstić information content (AvgIpc) is 2.78. The molecule has 5 heteroatoms. The van der Waals surface area contributed by atoms with Gasteiger partial charge in [0.05, 0.1) is 6.10 Å². The first-order chi connectivity index (χ1) is 11.8. The summed E-state index contributed by atoms with van der Waals surface area (Å²) < 4.78 is 0. The van der Waals surface area contributed by atoms with Crippen LogP contribution in [0, 0.1) is 5.92 Å². The van der Waals surface area contributed by atoms with E-state index in [9.17, 15) is 19.8 Å². The van der Waals surface area contributed by atoms with Crippen LogP contribution in [-0.2, 0) is 9.59 Å². The molecule has 0 aliphatic carbocycles. The number of Topliss-reactive ketones (excluding diaryl/α,β-unsaturated/α-hetero) is 1. The summed E-state index contributed by atoms with van der Waals surface area (Å²) in [5, 5.41) is 20.1. The molecule has 1 fully saturated rings. The van der Waals surface area contributed by atoms with Crippen LogP contribution in [0.25, 0.3) is 0 Å². The van der Waals surface area contributed by atoms with Gasteiger partial charge in [-0.05, 0) is 13.3 Å². The van der Waals surface area contributed by atoms with Crippen molar-refractivity contribution in [3.63, 3.8) is 0 Å². The number of allylic oxidation sites excluding steroid dienone is 1. The third-order valence-corrected chi connectivity index (χ3v) is 5.14. The SMILES string of the molecule is CCCCCCCCCCC(C)C(O)=C1C(=O)C(C(C)O)N(C)C1=O. The van der Waals surface area contributed by atoms with Crippen molar-refractivity contribution in [1.82, 2.24) is 4.90 Å². The Hall–Kier alpha value is -1.36. The summed E-state index contributed by atoms with van der Waals surface area (Å²) in [4.78, 5) is 25.9. The van der Waals surface area contributed by atoms with E-state index in [4.69, 9.17) is 0 Å². The lowest BCUT2D eigenvalue weighted by Gasteiger charge is -2.19. The first-order valence-electron chi connectivity index (χ1n) is 9.75. The van der Waals surface area contributed by atoms with Crippen LogP contribution >= 0.6 is 0 Å². The van der Waals surface area contributed by atoms with Gasteiger partial charge in [0.25, 0.3) is 5.91 Å². The fraction of sp³-hybridized carbons (Fsp3) is 0.800. The lowest BCUT2D eigenvalue weighted by molar-refractivity contribution is -0.128. The van der Waals surface area contributed by atoms with Gasteiger partial charge in [-0.25, -0.2) is 0 Å². The monoisotopic (exact) mass is 353 g/mol. The van der Waals surface area contributed by atoms with Crippen molar-refractivity contribution in [2.24, 2.45) is 5.92 Å². The number of aliphatic hydroxyl groups excluding tert-OH is 2. The van der Waals surface area contributed by atoms with Gasteiger partial charge in [0, 0.05) is 13.0 Å². The van der Waals surface area contributed by atoms with Crippen LogP contribution in [0.15, 0.2) is 11.3 Å². The fourth-order valence-electron chi connectivity index (χ4n) is 3.48. The van der Waals surface area contributed by atoms with Gasteiger partial charge in [0.1, 0.15) is 17.4 Å². The average molecular weight is 354 g/mol. The minimum absolute atomic E-state index is 0.118. The standard InChI is InChI=1S/C20H35NO4/c1-5-6-7-8-9-10-11-12-13-14(2)18(23)16-19(24)17(15(3)22)21(4)20(16)25/h14-15,17,22-23H,5-13H2,1-4H3. The van der Waals surface area contributed by atoms with E-state index < -0.39 is 23.8 Å². The maximum Gasteiger partial charge on any atom is 0.261 e. The Labute approximate surface area is 152 Å². The molecule has 3 atom stereocenters. The molecule has 25 heavy (non-hydrogen) atoms. The zero-order chi connectivity index (χ0) is 19.0. The quantitative estimate of drug-likeness (QED) is 0.257. The second kappa shape index (κ2) is 10.6. The van der Waals surface area contributed by atoms with E-state index in [0.29, 0.717) is 0 Å². The van der Waals surface area contributed by atoms with Crippen molar-refractivity contribution in [2.75, 3.05) is 7.05 Å². The maximum absolute atomic E-state index is 12.4. The topological polar surface area (TPSA) is 77.8 Å². The molecule has 3 unspecified atom stereocenters. The molecule has 1 rings (SSSR count). The summed E-state index contributed by atoms with van der Waals surface area (Å²) in [5.41, 5.74) is -0.138. The number of hydrogen-bond donors (Lipinski definition) is 2. The molecule has 1 saturated heterocycles.